The van der Waals surface area contributed by atoms with Crippen molar-refractivity contribution in [2.75, 3.05) is 0 Å². The largest absolute Gasteiger partial charge is 0.508 e. The first-order valence-electron chi connectivity index (χ1n) is 5.39. The first-order chi connectivity index (χ1) is 9.10. The molecule has 0 atom stereocenters. The SMILES string of the molecule is OCc1cc(N=Nc2ccc(Cl)c(Cl)c2)ccc1O. The van der Waals surface area contributed by atoms with Crippen LogP contribution in [0, 0.1) is 0 Å². The molecule has 0 amide bonds. The third-order valence-electron chi connectivity index (χ3n) is 2.42. The van der Waals surface area contributed by atoms with Gasteiger partial charge in [0.15, 0.2) is 0 Å². The van der Waals surface area contributed by atoms with E-state index in [-0.39, 0.29) is 12.4 Å². The van der Waals surface area contributed by atoms with Gasteiger partial charge in [-0.15, -0.1) is 0 Å². The molecule has 0 aliphatic carbocycles. The van der Waals surface area contributed by atoms with E-state index in [4.69, 9.17) is 28.3 Å². The lowest BCUT2D eigenvalue weighted by Gasteiger charge is -2.01. The maximum atomic E-state index is 9.42. The third-order valence-corrected chi connectivity index (χ3v) is 3.16. The molecule has 0 spiro atoms. The van der Waals surface area contributed by atoms with Crippen LogP contribution in [-0.2, 0) is 6.61 Å². The number of hydrogen-bond acceptors (Lipinski definition) is 4. The van der Waals surface area contributed by atoms with E-state index < -0.39 is 0 Å². The van der Waals surface area contributed by atoms with E-state index in [9.17, 15) is 5.11 Å². The highest BCUT2D eigenvalue weighted by Gasteiger charge is 2.01. The Balaban J connectivity index is 2.24. The van der Waals surface area contributed by atoms with Gasteiger partial charge in [0.1, 0.15) is 5.75 Å². The van der Waals surface area contributed by atoms with Crippen LogP contribution in [0.15, 0.2) is 46.6 Å². The Morgan fingerprint density at radius 3 is 2.16 bits per heavy atom. The summed E-state index contributed by atoms with van der Waals surface area (Å²) >= 11 is 11.7. The standard InChI is InChI=1S/C13H10Cl2N2O2/c14-11-3-1-10(6-12(11)15)17-16-9-2-4-13(19)8(5-9)7-18/h1-6,18-19H,7H2. The number of aromatic hydroxyl groups is 1. The molecule has 6 heteroatoms. The second kappa shape index (κ2) is 6.02. The molecular formula is C13H10Cl2N2O2. The number of halogens is 2. The van der Waals surface area contributed by atoms with E-state index in [0.29, 0.717) is 27.0 Å². The normalized spacial score (nSPS) is 11.1. The summed E-state index contributed by atoms with van der Waals surface area (Å²) in [4.78, 5) is 0. The van der Waals surface area contributed by atoms with E-state index >= 15 is 0 Å². The number of nitrogens with zero attached hydrogens (tertiary/aromatic N) is 2. The summed E-state index contributed by atoms with van der Waals surface area (Å²) in [5.41, 5.74) is 1.48. The van der Waals surface area contributed by atoms with E-state index in [1.807, 2.05) is 0 Å². The van der Waals surface area contributed by atoms with Gasteiger partial charge in [-0.25, -0.2) is 0 Å². The zero-order chi connectivity index (χ0) is 13.8. The van der Waals surface area contributed by atoms with Crippen molar-refractivity contribution >= 4 is 34.6 Å². The molecule has 2 aromatic rings. The van der Waals surface area contributed by atoms with E-state index in [1.54, 1.807) is 30.3 Å². The quantitative estimate of drug-likeness (QED) is 0.813. The second-order valence-electron chi connectivity index (χ2n) is 3.77. The van der Waals surface area contributed by atoms with Crippen LogP contribution < -0.4 is 0 Å². The number of phenols is 1. The van der Waals surface area contributed by atoms with Crippen molar-refractivity contribution in [3.05, 3.63) is 52.0 Å². The first-order valence-corrected chi connectivity index (χ1v) is 6.15. The summed E-state index contributed by atoms with van der Waals surface area (Å²) in [7, 11) is 0. The molecule has 4 nitrogen and oxygen atoms in total. The van der Waals surface area contributed by atoms with Crippen LogP contribution in [-0.4, -0.2) is 10.2 Å². The van der Waals surface area contributed by atoms with Crippen molar-refractivity contribution in [2.24, 2.45) is 10.2 Å². The molecule has 0 heterocycles. The average Bonchev–Trinajstić information content (AvgIpc) is 2.41. The van der Waals surface area contributed by atoms with E-state index in [2.05, 4.69) is 10.2 Å². The van der Waals surface area contributed by atoms with Gasteiger partial charge in [0, 0.05) is 5.56 Å². The lowest BCUT2D eigenvalue weighted by Crippen LogP contribution is -1.82. The summed E-state index contributed by atoms with van der Waals surface area (Å²) in [6.07, 6.45) is 0. The maximum absolute atomic E-state index is 9.42. The van der Waals surface area contributed by atoms with Gasteiger partial charge in [0.25, 0.3) is 0 Å². The van der Waals surface area contributed by atoms with Crippen LogP contribution in [0.5, 0.6) is 5.75 Å². The van der Waals surface area contributed by atoms with Gasteiger partial charge in [-0.1, -0.05) is 23.2 Å². The molecule has 0 aliphatic rings. The summed E-state index contributed by atoms with van der Waals surface area (Å²) in [5.74, 6) is 0.0241. The molecule has 0 unspecified atom stereocenters. The minimum absolute atomic E-state index is 0.0241. The smallest absolute Gasteiger partial charge is 0.121 e. The fourth-order valence-electron chi connectivity index (χ4n) is 1.42. The Morgan fingerprint density at radius 1 is 0.895 bits per heavy atom. The summed E-state index contributed by atoms with van der Waals surface area (Å²) in [5, 5.41) is 27.3. The summed E-state index contributed by atoms with van der Waals surface area (Å²) in [6.45, 7) is -0.262. The topological polar surface area (TPSA) is 65.2 Å². The van der Waals surface area contributed by atoms with Crippen molar-refractivity contribution in [3.8, 4) is 5.75 Å². The number of benzene rings is 2. The second-order valence-corrected chi connectivity index (χ2v) is 4.58. The number of aliphatic hydroxyl groups is 1. The third kappa shape index (κ3) is 3.44. The lowest BCUT2D eigenvalue weighted by atomic mass is 10.2. The minimum atomic E-state index is -0.262. The highest BCUT2D eigenvalue weighted by Crippen LogP contribution is 2.29. The van der Waals surface area contributed by atoms with Gasteiger partial charge in [0.2, 0.25) is 0 Å². The van der Waals surface area contributed by atoms with Gasteiger partial charge >= 0.3 is 0 Å². The molecular weight excluding hydrogens is 287 g/mol. The molecule has 98 valence electrons. The maximum Gasteiger partial charge on any atom is 0.121 e. The molecule has 0 saturated carbocycles. The Morgan fingerprint density at radius 2 is 1.53 bits per heavy atom. The molecule has 0 fully saturated rings. The fourth-order valence-corrected chi connectivity index (χ4v) is 1.72. The van der Waals surface area contributed by atoms with Crippen molar-refractivity contribution in [3.63, 3.8) is 0 Å². The van der Waals surface area contributed by atoms with Crippen molar-refractivity contribution in [1.29, 1.82) is 0 Å². The van der Waals surface area contributed by atoms with Crippen LogP contribution in [0.25, 0.3) is 0 Å². The Labute approximate surface area is 119 Å². The number of hydrogen-bond donors (Lipinski definition) is 2. The Bertz CT molecular complexity index is 630. The molecule has 2 rings (SSSR count). The number of azo groups is 1. The van der Waals surface area contributed by atoms with Crippen LogP contribution >= 0.6 is 23.2 Å². The van der Waals surface area contributed by atoms with Crippen LogP contribution in [0.4, 0.5) is 11.4 Å². The molecule has 0 aromatic heterocycles. The zero-order valence-corrected chi connectivity index (χ0v) is 11.2. The van der Waals surface area contributed by atoms with Gasteiger partial charge in [-0.3, -0.25) is 0 Å². The zero-order valence-electron chi connectivity index (χ0n) is 9.72. The van der Waals surface area contributed by atoms with Gasteiger partial charge in [-0.2, -0.15) is 10.2 Å². The monoisotopic (exact) mass is 296 g/mol. The molecule has 0 aliphatic heterocycles. The average molecular weight is 297 g/mol. The Hall–Kier alpha value is -1.62. The van der Waals surface area contributed by atoms with Gasteiger partial charge in [-0.05, 0) is 36.4 Å². The fraction of sp³-hybridized carbons (Fsp3) is 0.0769. The molecule has 0 saturated heterocycles. The highest BCUT2D eigenvalue weighted by molar-refractivity contribution is 6.42. The van der Waals surface area contributed by atoms with Crippen molar-refractivity contribution < 1.29 is 10.2 Å². The van der Waals surface area contributed by atoms with Crippen LogP contribution in [0.3, 0.4) is 0 Å². The van der Waals surface area contributed by atoms with Gasteiger partial charge in [0.05, 0.1) is 28.0 Å². The number of rotatable bonds is 3. The predicted octanol–water partition coefficient (Wildman–Crippen LogP) is 4.61. The van der Waals surface area contributed by atoms with E-state index in [1.165, 1.54) is 6.07 Å². The van der Waals surface area contributed by atoms with Gasteiger partial charge < -0.3 is 10.2 Å². The van der Waals surface area contributed by atoms with Crippen molar-refractivity contribution in [1.82, 2.24) is 0 Å². The van der Waals surface area contributed by atoms with Crippen LogP contribution in [0.2, 0.25) is 10.0 Å². The Kier molecular flexibility index (Phi) is 4.37. The highest BCUT2D eigenvalue weighted by atomic mass is 35.5. The minimum Gasteiger partial charge on any atom is -0.508 e. The molecule has 0 bridgehead atoms. The summed E-state index contributed by atoms with van der Waals surface area (Å²) < 4.78 is 0. The van der Waals surface area contributed by atoms with Crippen LogP contribution in [0.1, 0.15) is 5.56 Å². The molecule has 2 aromatic carbocycles. The van der Waals surface area contributed by atoms with E-state index in [0.717, 1.165) is 0 Å². The molecule has 0 radical (unpaired) electrons. The molecule has 19 heavy (non-hydrogen) atoms. The molecule has 2 N–H and O–H groups in total. The first kappa shape index (κ1) is 13.8. The summed E-state index contributed by atoms with van der Waals surface area (Å²) in [6, 6.07) is 9.51. The number of aliphatic hydroxyl groups excluding tert-OH is 1. The van der Waals surface area contributed by atoms with Crippen molar-refractivity contribution in [2.45, 2.75) is 6.61 Å². The predicted molar refractivity (Wildman–Crippen MR) is 74.7 cm³/mol. The lowest BCUT2D eigenvalue weighted by molar-refractivity contribution is 0.275.